The van der Waals surface area contributed by atoms with Gasteiger partial charge in [0.25, 0.3) is 11.7 Å². The van der Waals surface area contributed by atoms with E-state index >= 15 is 0 Å². The Kier molecular flexibility index (Phi) is 5.55. The first-order chi connectivity index (χ1) is 16.5. The van der Waals surface area contributed by atoms with Gasteiger partial charge in [0.15, 0.2) is 0 Å². The predicted molar refractivity (Wildman–Crippen MR) is 133 cm³/mol. The minimum atomic E-state index is -0.847. The number of aromatic nitrogens is 1. The number of anilines is 1. The van der Waals surface area contributed by atoms with Crippen LogP contribution in [-0.4, -0.2) is 28.9 Å². The lowest BCUT2D eigenvalue weighted by Crippen LogP contribution is -2.29. The number of ketones is 1. The fraction of sp³-hybridized carbons (Fsp3) is 0.111. The van der Waals surface area contributed by atoms with Gasteiger partial charge in [0.2, 0.25) is 0 Å². The van der Waals surface area contributed by atoms with Crippen molar-refractivity contribution in [3.8, 4) is 16.9 Å². The standard InChI is InChI=1S/C27H22N2O4S/c1-16-13-19(15-34-16)17-7-9-20(10-8-17)29-24(21-5-3-4-6-22(21)33-2)23(26(31)27(29)32)25(30)18-11-12-28-14-18/h3-15,24,28,30H,1-2H3. The van der Waals surface area contributed by atoms with E-state index in [4.69, 9.17) is 4.74 Å². The zero-order valence-corrected chi connectivity index (χ0v) is 19.4. The summed E-state index contributed by atoms with van der Waals surface area (Å²) in [5.41, 5.74) is 3.74. The highest BCUT2D eigenvalue weighted by Crippen LogP contribution is 2.45. The van der Waals surface area contributed by atoms with Crippen molar-refractivity contribution in [2.75, 3.05) is 12.0 Å². The molecule has 2 N–H and O–H groups in total. The number of para-hydroxylation sites is 1. The van der Waals surface area contributed by atoms with Crippen LogP contribution in [0.1, 0.15) is 22.0 Å². The molecule has 170 valence electrons. The van der Waals surface area contributed by atoms with Crippen LogP contribution in [0.5, 0.6) is 5.75 Å². The fourth-order valence-electron chi connectivity index (χ4n) is 4.32. The summed E-state index contributed by atoms with van der Waals surface area (Å²) >= 11 is 1.67. The molecule has 3 heterocycles. The number of thiophene rings is 1. The highest BCUT2D eigenvalue weighted by Gasteiger charge is 2.47. The van der Waals surface area contributed by atoms with E-state index < -0.39 is 17.7 Å². The van der Waals surface area contributed by atoms with Crippen LogP contribution < -0.4 is 9.64 Å². The molecular weight excluding hydrogens is 448 g/mol. The second kappa shape index (κ2) is 8.68. The predicted octanol–water partition coefficient (Wildman–Crippen LogP) is 5.69. The minimum Gasteiger partial charge on any atom is -0.507 e. The van der Waals surface area contributed by atoms with Gasteiger partial charge in [-0.25, -0.2) is 0 Å². The van der Waals surface area contributed by atoms with Gasteiger partial charge in [0.1, 0.15) is 11.5 Å². The molecule has 7 heteroatoms. The van der Waals surface area contributed by atoms with E-state index in [-0.39, 0.29) is 11.3 Å². The van der Waals surface area contributed by atoms with Crippen molar-refractivity contribution in [1.29, 1.82) is 0 Å². The van der Waals surface area contributed by atoms with Crippen molar-refractivity contribution in [2.24, 2.45) is 0 Å². The lowest BCUT2D eigenvalue weighted by molar-refractivity contribution is -0.132. The number of amides is 1. The molecular formula is C27H22N2O4S. The molecule has 2 aromatic heterocycles. The van der Waals surface area contributed by atoms with Crippen LogP contribution in [-0.2, 0) is 9.59 Å². The second-order valence-electron chi connectivity index (χ2n) is 8.00. The van der Waals surface area contributed by atoms with Crippen molar-refractivity contribution in [1.82, 2.24) is 4.98 Å². The molecule has 1 saturated heterocycles. The topological polar surface area (TPSA) is 82.6 Å². The van der Waals surface area contributed by atoms with E-state index in [0.29, 0.717) is 22.6 Å². The molecule has 1 unspecified atom stereocenters. The number of aliphatic hydroxyl groups excluding tert-OH is 1. The van der Waals surface area contributed by atoms with Crippen molar-refractivity contribution in [3.05, 3.63) is 100 Å². The summed E-state index contributed by atoms with van der Waals surface area (Å²) in [5.74, 6) is -1.16. The quantitative estimate of drug-likeness (QED) is 0.223. The number of aliphatic hydroxyl groups is 1. The first-order valence-electron chi connectivity index (χ1n) is 10.7. The maximum Gasteiger partial charge on any atom is 0.300 e. The molecule has 0 spiro atoms. The zero-order valence-electron chi connectivity index (χ0n) is 18.6. The molecule has 1 aliphatic heterocycles. The third-order valence-electron chi connectivity index (χ3n) is 5.96. The van der Waals surface area contributed by atoms with Crippen molar-refractivity contribution >= 4 is 34.5 Å². The highest BCUT2D eigenvalue weighted by atomic mass is 32.1. The molecule has 6 nitrogen and oxygen atoms in total. The number of carbonyl (C=O) groups excluding carboxylic acids is 2. The van der Waals surface area contributed by atoms with Crippen LogP contribution in [0.2, 0.25) is 0 Å². The molecule has 5 rings (SSSR count). The molecule has 0 aliphatic carbocycles. The van der Waals surface area contributed by atoms with Crippen molar-refractivity contribution in [2.45, 2.75) is 13.0 Å². The van der Waals surface area contributed by atoms with Crippen LogP contribution >= 0.6 is 11.3 Å². The Morgan fingerprint density at radius 3 is 2.47 bits per heavy atom. The number of hydrogen-bond donors (Lipinski definition) is 2. The number of aryl methyl sites for hydroxylation is 1. The summed E-state index contributed by atoms with van der Waals surface area (Å²) in [4.78, 5) is 32.1. The number of ether oxygens (including phenoxy) is 1. The number of aromatic amines is 1. The Bertz CT molecular complexity index is 1400. The largest absolute Gasteiger partial charge is 0.507 e. The first kappa shape index (κ1) is 21.7. The highest BCUT2D eigenvalue weighted by molar-refractivity contribution is 7.10. The number of methoxy groups -OCH3 is 1. The van der Waals surface area contributed by atoms with Crippen LogP contribution in [0.25, 0.3) is 16.9 Å². The number of Topliss-reactive ketones (excluding diaryl/α,β-unsaturated/α-hetero) is 1. The van der Waals surface area contributed by atoms with Crippen LogP contribution in [0.3, 0.4) is 0 Å². The van der Waals surface area contributed by atoms with Gasteiger partial charge < -0.3 is 14.8 Å². The summed E-state index contributed by atoms with van der Waals surface area (Å²) in [6.45, 7) is 2.06. The van der Waals surface area contributed by atoms with Gasteiger partial charge in [-0.2, -0.15) is 0 Å². The van der Waals surface area contributed by atoms with Crippen molar-refractivity contribution < 1.29 is 19.4 Å². The Morgan fingerprint density at radius 2 is 1.82 bits per heavy atom. The van der Waals surface area contributed by atoms with E-state index in [0.717, 1.165) is 11.1 Å². The van der Waals surface area contributed by atoms with E-state index in [1.165, 1.54) is 16.9 Å². The molecule has 4 aromatic rings. The van der Waals surface area contributed by atoms with Gasteiger partial charge >= 0.3 is 0 Å². The van der Waals surface area contributed by atoms with Gasteiger partial charge in [0.05, 0.1) is 18.7 Å². The Hall–Kier alpha value is -4.10. The van der Waals surface area contributed by atoms with Gasteiger partial charge in [0, 0.05) is 34.1 Å². The molecule has 34 heavy (non-hydrogen) atoms. The zero-order chi connectivity index (χ0) is 23.8. The van der Waals surface area contributed by atoms with E-state index in [2.05, 4.69) is 23.4 Å². The van der Waals surface area contributed by atoms with Crippen molar-refractivity contribution in [3.63, 3.8) is 0 Å². The molecule has 0 bridgehead atoms. The molecule has 0 saturated carbocycles. The third kappa shape index (κ3) is 3.60. The molecule has 1 amide bonds. The Labute approximate surface area is 200 Å². The van der Waals surface area contributed by atoms with Gasteiger partial charge in [-0.3, -0.25) is 14.5 Å². The van der Waals surface area contributed by atoms with Gasteiger partial charge in [-0.05, 0) is 53.8 Å². The van der Waals surface area contributed by atoms with Gasteiger partial charge in [-0.15, -0.1) is 11.3 Å². The summed E-state index contributed by atoms with van der Waals surface area (Å²) in [6.07, 6.45) is 3.23. The molecule has 1 fully saturated rings. The summed E-state index contributed by atoms with van der Waals surface area (Å²) in [6, 6.07) is 17.6. The first-order valence-corrected chi connectivity index (χ1v) is 11.6. The van der Waals surface area contributed by atoms with E-state index in [9.17, 15) is 14.7 Å². The average molecular weight is 471 g/mol. The molecule has 1 atom stereocenters. The molecule has 0 radical (unpaired) electrons. The lowest BCUT2D eigenvalue weighted by Gasteiger charge is -2.26. The van der Waals surface area contributed by atoms with Crippen LogP contribution in [0.4, 0.5) is 5.69 Å². The number of hydrogen-bond acceptors (Lipinski definition) is 5. The number of H-pyrrole nitrogens is 1. The van der Waals surface area contributed by atoms with Crippen LogP contribution in [0, 0.1) is 6.92 Å². The third-order valence-corrected chi connectivity index (χ3v) is 6.82. The smallest absolute Gasteiger partial charge is 0.300 e. The average Bonchev–Trinajstić information content (AvgIpc) is 3.60. The number of rotatable bonds is 5. The lowest BCUT2D eigenvalue weighted by atomic mass is 9.95. The number of benzene rings is 2. The fourth-order valence-corrected chi connectivity index (χ4v) is 5.03. The number of nitrogens with zero attached hydrogens (tertiary/aromatic N) is 1. The monoisotopic (exact) mass is 470 g/mol. The Morgan fingerprint density at radius 1 is 1.06 bits per heavy atom. The maximum atomic E-state index is 13.3. The number of nitrogens with one attached hydrogen (secondary N) is 1. The maximum absolute atomic E-state index is 13.3. The molecule has 2 aromatic carbocycles. The van der Waals surface area contributed by atoms with E-state index in [1.807, 2.05) is 36.4 Å². The normalized spacial score (nSPS) is 17.4. The minimum absolute atomic E-state index is 0.0200. The SMILES string of the molecule is COc1ccccc1C1C(=C(O)c2cc[nH]c2)C(=O)C(=O)N1c1ccc(-c2csc(C)c2)cc1. The van der Waals surface area contributed by atoms with Gasteiger partial charge in [-0.1, -0.05) is 30.3 Å². The summed E-state index contributed by atoms with van der Waals surface area (Å²) in [7, 11) is 1.54. The Balaban J connectivity index is 1.67. The van der Waals surface area contributed by atoms with Crippen LogP contribution in [0.15, 0.2) is 84.0 Å². The van der Waals surface area contributed by atoms with E-state index in [1.54, 1.807) is 41.9 Å². The summed E-state index contributed by atoms with van der Waals surface area (Å²) < 4.78 is 5.55. The summed E-state index contributed by atoms with van der Waals surface area (Å²) in [5, 5.41) is 13.2. The second-order valence-corrected chi connectivity index (χ2v) is 9.12. The molecule has 1 aliphatic rings. The number of carbonyl (C=O) groups is 2.